The van der Waals surface area contributed by atoms with Crippen molar-refractivity contribution in [2.24, 2.45) is 0 Å². The summed E-state index contributed by atoms with van der Waals surface area (Å²) in [4.78, 5) is 2.82. The van der Waals surface area contributed by atoms with Crippen LogP contribution < -0.4 is 0 Å². The van der Waals surface area contributed by atoms with Gasteiger partial charge in [0.15, 0.2) is 16.6 Å². The lowest BCUT2D eigenvalue weighted by atomic mass is 9.81. The van der Waals surface area contributed by atoms with Gasteiger partial charge in [0.2, 0.25) is 0 Å². The van der Waals surface area contributed by atoms with E-state index < -0.39 is 27.8 Å². The standard InChI is InChI=1S/C32H42BrClO2Si2/c1-7-37(8-2,9-3)35-31(28-15-13-27(14-16-28)21-26-33)22-24-32(25-23-31,29-17-19-30(34)20-18-29)36-38(10-4,11-5)12-6/h13-20,22-25H,7-12H2,1-6H3. The molecule has 0 radical (unpaired) electrons. The molecule has 0 saturated carbocycles. The molecule has 6 heteroatoms. The number of rotatable bonds is 12. The van der Waals surface area contributed by atoms with Crippen molar-refractivity contribution >= 4 is 44.2 Å². The Hall–Kier alpha value is -1.40. The lowest BCUT2D eigenvalue weighted by Gasteiger charge is -2.45. The minimum Gasteiger partial charge on any atom is -0.401 e. The van der Waals surface area contributed by atoms with Gasteiger partial charge in [-0.2, -0.15) is 0 Å². The number of benzene rings is 2. The van der Waals surface area contributed by atoms with Gasteiger partial charge in [-0.05, 0) is 101 Å². The van der Waals surface area contributed by atoms with Crippen LogP contribution in [0.15, 0.2) is 72.8 Å². The fraction of sp³-hybridized carbons (Fsp3) is 0.438. The Morgan fingerprint density at radius 3 is 1.29 bits per heavy atom. The summed E-state index contributed by atoms with van der Waals surface area (Å²) in [7, 11) is -3.95. The van der Waals surface area contributed by atoms with Gasteiger partial charge in [-0.15, -0.1) is 0 Å². The molecular weight excluding hydrogens is 588 g/mol. The molecule has 0 amide bonds. The lowest BCUT2D eigenvalue weighted by molar-refractivity contribution is 0.121. The predicted octanol–water partition coefficient (Wildman–Crippen LogP) is 10.3. The van der Waals surface area contributed by atoms with E-state index in [2.05, 4.69) is 129 Å². The van der Waals surface area contributed by atoms with Gasteiger partial charge in [0.1, 0.15) is 11.2 Å². The summed E-state index contributed by atoms with van der Waals surface area (Å²) in [5.74, 6) is 3.09. The molecule has 0 bridgehead atoms. The first-order chi connectivity index (χ1) is 18.2. The number of hydrogen-bond acceptors (Lipinski definition) is 2. The topological polar surface area (TPSA) is 18.5 Å². The fourth-order valence-electron chi connectivity index (χ4n) is 5.47. The Kier molecular flexibility index (Phi) is 10.9. The first-order valence-corrected chi connectivity index (χ1v) is 20.3. The van der Waals surface area contributed by atoms with Crippen LogP contribution in [-0.2, 0) is 20.1 Å². The van der Waals surface area contributed by atoms with E-state index in [0.29, 0.717) is 0 Å². The molecule has 1 aliphatic rings. The highest BCUT2D eigenvalue weighted by Crippen LogP contribution is 2.45. The molecule has 0 fully saturated rings. The predicted molar refractivity (Wildman–Crippen MR) is 172 cm³/mol. The zero-order valence-electron chi connectivity index (χ0n) is 23.7. The highest BCUT2D eigenvalue weighted by molar-refractivity contribution is 9.12. The third kappa shape index (κ3) is 6.49. The van der Waals surface area contributed by atoms with Gasteiger partial charge >= 0.3 is 0 Å². The molecule has 0 atom stereocenters. The minimum absolute atomic E-state index is 0.650. The quantitative estimate of drug-likeness (QED) is 0.132. The molecule has 0 spiro atoms. The van der Waals surface area contributed by atoms with Gasteiger partial charge < -0.3 is 8.85 Å². The van der Waals surface area contributed by atoms with E-state index in [4.69, 9.17) is 20.5 Å². The van der Waals surface area contributed by atoms with Gasteiger partial charge in [0, 0.05) is 26.5 Å². The molecule has 0 aromatic heterocycles. The molecule has 2 aromatic carbocycles. The molecule has 204 valence electrons. The van der Waals surface area contributed by atoms with Gasteiger partial charge in [-0.3, -0.25) is 0 Å². The Balaban J connectivity index is 2.19. The van der Waals surface area contributed by atoms with Crippen molar-refractivity contribution in [1.82, 2.24) is 0 Å². The normalized spacial score (nSPS) is 21.3. The molecule has 1 aliphatic carbocycles. The molecule has 3 rings (SSSR count). The molecule has 2 aromatic rings. The van der Waals surface area contributed by atoms with E-state index in [9.17, 15) is 0 Å². The molecule has 0 heterocycles. The minimum atomic E-state index is -1.98. The van der Waals surface area contributed by atoms with Crippen molar-refractivity contribution in [3.63, 3.8) is 0 Å². The molecule has 0 N–H and O–H groups in total. The van der Waals surface area contributed by atoms with Crippen molar-refractivity contribution in [3.05, 3.63) is 94.5 Å². The fourth-order valence-corrected chi connectivity index (χ4v) is 11.6. The van der Waals surface area contributed by atoms with Crippen LogP contribution in [0.1, 0.15) is 58.2 Å². The maximum Gasteiger partial charge on any atom is 0.194 e. The molecule has 0 saturated heterocycles. The Morgan fingerprint density at radius 1 is 0.632 bits per heavy atom. The first kappa shape index (κ1) is 31.1. The van der Waals surface area contributed by atoms with Crippen LogP contribution in [-0.4, -0.2) is 16.6 Å². The molecule has 0 aliphatic heterocycles. The lowest BCUT2D eigenvalue weighted by Crippen LogP contribution is -2.48. The highest BCUT2D eigenvalue weighted by Gasteiger charge is 2.45. The van der Waals surface area contributed by atoms with Crippen molar-refractivity contribution in [3.8, 4) is 10.8 Å². The molecule has 38 heavy (non-hydrogen) atoms. The van der Waals surface area contributed by atoms with E-state index >= 15 is 0 Å². The second-order valence-corrected chi connectivity index (χ2v) is 20.5. The van der Waals surface area contributed by atoms with Gasteiger partial charge in [-0.1, -0.05) is 83.3 Å². The number of hydrogen-bond donors (Lipinski definition) is 0. The van der Waals surface area contributed by atoms with Crippen LogP contribution in [0.4, 0.5) is 0 Å². The van der Waals surface area contributed by atoms with Gasteiger partial charge in [-0.25, -0.2) is 0 Å². The summed E-state index contributed by atoms with van der Waals surface area (Å²) in [6.07, 6.45) is 9.03. The zero-order valence-corrected chi connectivity index (χ0v) is 28.1. The zero-order chi connectivity index (χ0) is 27.9. The average molecular weight is 630 g/mol. The van der Waals surface area contributed by atoms with E-state index in [1.165, 1.54) is 0 Å². The van der Waals surface area contributed by atoms with Crippen molar-refractivity contribution in [2.45, 2.75) is 89.0 Å². The monoisotopic (exact) mass is 628 g/mol. The molecule has 0 unspecified atom stereocenters. The van der Waals surface area contributed by atoms with E-state index in [0.717, 1.165) is 58.0 Å². The molecule has 2 nitrogen and oxygen atoms in total. The van der Waals surface area contributed by atoms with E-state index in [1.807, 2.05) is 12.1 Å². The summed E-state index contributed by atoms with van der Waals surface area (Å²) >= 11 is 9.51. The maximum absolute atomic E-state index is 7.31. The van der Waals surface area contributed by atoms with Crippen LogP contribution >= 0.6 is 27.5 Å². The highest BCUT2D eigenvalue weighted by atomic mass is 79.9. The number of halogens is 2. The Bertz CT molecular complexity index is 1140. The van der Waals surface area contributed by atoms with Crippen LogP contribution in [0.3, 0.4) is 0 Å². The van der Waals surface area contributed by atoms with Crippen molar-refractivity contribution in [2.75, 3.05) is 0 Å². The summed E-state index contributed by atoms with van der Waals surface area (Å²) in [6.45, 7) is 13.7. The largest absolute Gasteiger partial charge is 0.401 e. The first-order valence-electron chi connectivity index (χ1n) is 14.0. The third-order valence-electron chi connectivity index (χ3n) is 8.62. The summed E-state index contributed by atoms with van der Waals surface area (Å²) in [5, 5.41) is 0.728. The Labute approximate surface area is 246 Å². The Morgan fingerprint density at radius 2 is 0.974 bits per heavy atom. The van der Waals surface area contributed by atoms with Crippen molar-refractivity contribution in [1.29, 1.82) is 0 Å². The van der Waals surface area contributed by atoms with Gasteiger partial charge in [0.05, 0.1) is 0 Å². The maximum atomic E-state index is 7.31. The van der Waals surface area contributed by atoms with Crippen LogP contribution in [0.25, 0.3) is 0 Å². The van der Waals surface area contributed by atoms with Crippen LogP contribution in [0.2, 0.25) is 41.3 Å². The third-order valence-corrected chi connectivity index (χ3v) is 18.3. The van der Waals surface area contributed by atoms with E-state index in [1.54, 1.807) is 0 Å². The second-order valence-electron chi connectivity index (χ2n) is 10.2. The van der Waals surface area contributed by atoms with E-state index in [-0.39, 0.29) is 0 Å². The summed E-state index contributed by atoms with van der Waals surface area (Å²) in [5.41, 5.74) is 1.89. The van der Waals surface area contributed by atoms with Crippen LogP contribution in [0, 0.1) is 10.8 Å². The smallest absolute Gasteiger partial charge is 0.194 e. The van der Waals surface area contributed by atoms with Gasteiger partial charge in [0.25, 0.3) is 0 Å². The van der Waals surface area contributed by atoms with Crippen molar-refractivity contribution < 1.29 is 8.85 Å². The summed E-state index contributed by atoms with van der Waals surface area (Å²) in [6, 6.07) is 23.0. The average Bonchev–Trinajstić information content (AvgIpc) is 2.97. The summed E-state index contributed by atoms with van der Waals surface area (Å²) < 4.78 is 14.6. The molecular formula is C32H42BrClO2Si2. The SMILES string of the molecule is CC[Si](CC)(CC)OC1(c2ccc(Cl)cc2)C=CC(O[Si](CC)(CC)CC)(c2ccc(C#CBr)cc2)C=C1. The second kappa shape index (κ2) is 13.3. The van der Waals surface area contributed by atoms with Crippen LogP contribution in [0.5, 0.6) is 0 Å².